The minimum absolute atomic E-state index is 0.130. The van der Waals surface area contributed by atoms with Crippen molar-refractivity contribution >= 4 is 5.97 Å². The molecule has 0 amide bonds. The lowest BCUT2D eigenvalue weighted by Crippen LogP contribution is -2.07. The van der Waals surface area contributed by atoms with E-state index in [0.717, 1.165) is 37.7 Å². The monoisotopic (exact) mass is 198 g/mol. The Morgan fingerprint density at radius 3 is 2.43 bits per heavy atom. The van der Waals surface area contributed by atoms with E-state index in [0.29, 0.717) is 6.61 Å². The molecule has 0 bridgehead atoms. The van der Waals surface area contributed by atoms with Crippen LogP contribution < -0.4 is 0 Å². The summed E-state index contributed by atoms with van der Waals surface area (Å²) in [5, 5.41) is 0. The first-order valence-electron chi connectivity index (χ1n) is 5.62. The highest BCUT2D eigenvalue weighted by Crippen LogP contribution is 2.11. The van der Waals surface area contributed by atoms with Gasteiger partial charge in [-0.05, 0) is 26.2 Å². The van der Waals surface area contributed by atoms with Gasteiger partial charge in [-0.3, -0.25) is 0 Å². The summed E-state index contributed by atoms with van der Waals surface area (Å²) < 4.78 is 4.99. The van der Waals surface area contributed by atoms with Crippen LogP contribution >= 0.6 is 0 Å². The van der Waals surface area contributed by atoms with Gasteiger partial charge in [0.15, 0.2) is 0 Å². The first-order chi connectivity index (χ1) is 6.76. The Bertz CT molecular complexity index is 183. The molecule has 0 aliphatic carbocycles. The molecule has 0 aromatic carbocycles. The fourth-order valence-electron chi connectivity index (χ4n) is 1.20. The molecule has 0 atom stereocenters. The Kier molecular flexibility index (Phi) is 8.30. The van der Waals surface area contributed by atoms with Crippen LogP contribution in [0.1, 0.15) is 52.9 Å². The Morgan fingerprint density at radius 2 is 1.93 bits per heavy atom. The molecule has 0 saturated carbocycles. The summed E-state index contributed by atoms with van der Waals surface area (Å²) in [7, 11) is 0. The van der Waals surface area contributed by atoms with E-state index in [-0.39, 0.29) is 5.97 Å². The second-order valence-corrected chi connectivity index (χ2v) is 3.34. The van der Waals surface area contributed by atoms with E-state index < -0.39 is 0 Å². The van der Waals surface area contributed by atoms with Crippen molar-refractivity contribution in [1.29, 1.82) is 0 Å². The highest BCUT2D eigenvalue weighted by molar-refractivity contribution is 5.88. The first kappa shape index (κ1) is 13.2. The molecular weight excluding hydrogens is 176 g/mol. The third-order valence-corrected chi connectivity index (χ3v) is 2.02. The van der Waals surface area contributed by atoms with E-state index in [2.05, 4.69) is 13.8 Å². The number of allylic oxidation sites excluding steroid dienone is 1. The Morgan fingerprint density at radius 1 is 1.21 bits per heavy atom. The largest absolute Gasteiger partial charge is 0.463 e. The third-order valence-electron chi connectivity index (χ3n) is 2.02. The van der Waals surface area contributed by atoms with Gasteiger partial charge in [0.25, 0.3) is 0 Å². The maximum absolute atomic E-state index is 11.5. The number of esters is 1. The van der Waals surface area contributed by atoms with Gasteiger partial charge in [0.05, 0.1) is 6.61 Å². The van der Waals surface area contributed by atoms with Gasteiger partial charge in [0, 0.05) is 5.57 Å². The van der Waals surface area contributed by atoms with Crippen LogP contribution in [0, 0.1) is 0 Å². The van der Waals surface area contributed by atoms with E-state index in [1.165, 1.54) is 0 Å². The molecule has 0 rings (SSSR count). The lowest BCUT2D eigenvalue weighted by Gasteiger charge is -2.05. The molecule has 0 fully saturated rings. The topological polar surface area (TPSA) is 26.3 Å². The summed E-state index contributed by atoms with van der Waals surface area (Å²) in [4.78, 5) is 11.5. The van der Waals surface area contributed by atoms with Crippen LogP contribution in [-0.4, -0.2) is 12.6 Å². The van der Waals surface area contributed by atoms with Crippen LogP contribution in [0.25, 0.3) is 0 Å². The number of hydrogen-bond acceptors (Lipinski definition) is 2. The SMILES string of the molecule is CCC/C=C(\CCCC)C(=O)OCC. The summed E-state index contributed by atoms with van der Waals surface area (Å²) in [5.41, 5.74) is 0.857. The summed E-state index contributed by atoms with van der Waals surface area (Å²) in [6.45, 7) is 6.55. The molecule has 0 N–H and O–H groups in total. The predicted octanol–water partition coefficient (Wildman–Crippen LogP) is 3.47. The molecule has 0 spiro atoms. The van der Waals surface area contributed by atoms with Crippen LogP contribution in [0.2, 0.25) is 0 Å². The molecule has 0 heterocycles. The van der Waals surface area contributed by atoms with Crippen molar-refractivity contribution in [2.24, 2.45) is 0 Å². The van der Waals surface area contributed by atoms with Gasteiger partial charge in [-0.25, -0.2) is 4.79 Å². The number of carbonyl (C=O) groups excluding carboxylic acids is 1. The second-order valence-electron chi connectivity index (χ2n) is 3.34. The van der Waals surface area contributed by atoms with Gasteiger partial charge in [-0.2, -0.15) is 0 Å². The number of hydrogen-bond donors (Lipinski definition) is 0. The number of carbonyl (C=O) groups is 1. The van der Waals surface area contributed by atoms with Crippen molar-refractivity contribution in [3.05, 3.63) is 11.6 Å². The average Bonchev–Trinajstić information content (AvgIpc) is 2.18. The van der Waals surface area contributed by atoms with E-state index >= 15 is 0 Å². The predicted molar refractivity (Wildman–Crippen MR) is 59.1 cm³/mol. The summed E-state index contributed by atoms with van der Waals surface area (Å²) in [5.74, 6) is -0.130. The van der Waals surface area contributed by atoms with Crippen molar-refractivity contribution in [3.63, 3.8) is 0 Å². The number of rotatable bonds is 7. The van der Waals surface area contributed by atoms with Gasteiger partial charge < -0.3 is 4.74 Å². The minimum Gasteiger partial charge on any atom is -0.463 e. The molecule has 0 unspecified atom stereocenters. The Hall–Kier alpha value is -0.790. The standard InChI is InChI=1S/C12H22O2/c1-4-7-9-11(10-8-5-2)12(13)14-6-3/h9H,4-8,10H2,1-3H3/b11-9+. The summed E-state index contributed by atoms with van der Waals surface area (Å²) in [6.07, 6.45) is 7.10. The first-order valence-corrected chi connectivity index (χ1v) is 5.62. The van der Waals surface area contributed by atoms with Crippen LogP contribution in [0.5, 0.6) is 0 Å². The highest BCUT2D eigenvalue weighted by atomic mass is 16.5. The van der Waals surface area contributed by atoms with E-state index in [1.54, 1.807) is 0 Å². The molecule has 14 heavy (non-hydrogen) atoms. The third kappa shape index (κ3) is 5.79. The fraction of sp³-hybridized carbons (Fsp3) is 0.750. The van der Waals surface area contributed by atoms with Crippen molar-refractivity contribution < 1.29 is 9.53 Å². The maximum atomic E-state index is 11.5. The Labute approximate surface area is 87.3 Å². The van der Waals surface area contributed by atoms with E-state index in [4.69, 9.17) is 4.74 Å². The number of ether oxygens (including phenoxy) is 1. The highest BCUT2D eigenvalue weighted by Gasteiger charge is 2.08. The van der Waals surface area contributed by atoms with Gasteiger partial charge in [-0.1, -0.05) is 32.8 Å². The van der Waals surface area contributed by atoms with Crippen molar-refractivity contribution in [2.75, 3.05) is 6.61 Å². The average molecular weight is 198 g/mol. The van der Waals surface area contributed by atoms with Crippen LogP contribution in [0.15, 0.2) is 11.6 Å². The Balaban J connectivity index is 4.15. The zero-order valence-corrected chi connectivity index (χ0v) is 9.64. The maximum Gasteiger partial charge on any atom is 0.333 e. The number of unbranched alkanes of at least 4 members (excludes halogenated alkanes) is 2. The van der Waals surface area contributed by atoms with E-state index in [1.807, 2.05) is 13.0 Å². The summed E-state index contributed by atoms with van der Waals surface area (Å²) in [6, 6.07) is 0. The molecule has 0 aliphatic rings. The molecule has 0 aromatic heterocycles. The summed E-state index contributed by atoms with van der Waals surface area (Å²) >= 11 is 0. The van der Waals surface area contributed by atoms with Gasteiger partial charge in [0.2, 0.25) is 0 Å². The molecule has 2 heteroatoms. The van der Waals surface area contributed by atoms with Crippen LogP contribution in [-0.2, 0) is 9.53 Å². The van der Waals surface area contributed by atoms with Crippen molar-refractivity contribution in [3.8, 4) is 0 Å². The molecule has 2 nitrogen and oxygen atoms in total. The molecule has 0 aromatic rings. The molecule has 0 aliphatic heterocycles. The zero-order chi connectivity index (χ0) is 10.8. The molecule has 0 radical (unpaired) electrons. The fourth-order valence-corrected chi connectivity index (χ4v) is 1.20. The van der Waals surface area contributed by atoms with Crippen molar-refractivity contribution in [1.82, 2.24) is 0 Å². The van der Waals surface area contributed by atoms with E-state index in [9.17, 15) is 4.79 Å². The zero-order valence-electron chi connectivity index (χ0n) is 9.64. The van der Waals surface area contributed by atoms with Crippen LogP contribution in [0.4, 0.5) is 0 Å². The normalized spacial score (nSPS) is 11.5. The quantitative estimate of drug-likeness (QED) is 0.462. The van der Waals surface area contributed by atoms with Crippen LogP contribution in [0.3, 0.4) is 0 Å². The smallest absolute Gasteiger partial charge is 0.333 e. The second kappa shape index (κ2) is 8.79. The lowest BCUT2D eigenvalue weighted by atomic mass is 10.1. The van der Waals surface area contributed by atoms with Gasteiger partial charge in [-0.15, -0.1) is 0 Å². The minimum atomic E-state index is -0.130. The molecule has 82 valence electrons. The van der Waals surface area contributed by atoms with Gasteiger partial charge >= 0.3 is 5.97 Å². The lowest BCUT2D eigenvalue weighted by molar-refractivity contribution is -0.138. The van der Waals surface area contributed by atoms with Crippen molar-refractivity contribution in [2.45, 2.75) is 52.9 Å². The molecular formula is C12H22O2. The van der Waals surface area contributed by atoms with Gasteiger partial charge in [0.1, 0.15) is 0 Å². The molecule has 0 saturated heterocycles.